The summed E-state index contributed by atoms with van der Waals surface area (Å²) < 4.78 is 5.21. The Morgan fingerprint density at radius 1 is 1.03 bits per heavy atom. The number of halogens is 1. The number of rotatable bonds is 9. The second kappa shape index (κ2) is 14.4. The quantitative estimate of drug-likeness (QED) is 0.202. The summed E-state index contributed by atoms with van der Waals surface area (Å²) in [6, 6.07) is 8.54. The molecule has 0 unspecified atom stereocenters. The first kappa shape index (κ1) is 27.5. The minimum absolute atomic E-state index is 0. The van der Waals surface area contributed by atoms with Crippen LogP contribution in [0, 0.1) is 0 Å². The zero-order valence-corrected chi connectivity index (χ0v) is 21.0. The monoisotopic (exact) mass is 519 g/mol. The molecular weight excluding hydrogens is 481 g/mol. The lowest BCUT2D eigenvalue weighted by molar-refractivity contribution is 0.0527. The Balaban J connectivity index is 0.00000784. The zero-order chi connectivity index (χ0) is 21.0. The van der Waals surface area contributed by atoms with Crippen LogP contribution in [0.5, 0.6) is 0 Å². The van der Waals surface area contributed by atoms with Crippen LogP contribution in [0.15, 0.2) is 29.3 Å². The van der Waals surface area contributed by atoms with Crippen LogP contribution in [0.1, 0.15) is 45.2 Å². The van der Waals surface area contributed by atoms with Gasteiger partial charge in [-0.3, -0.25) is 0 Å². The van der Waals surface area contributed by atoms with E-state index in [2.05, 4.69) is 64.2 Å². The Bertz CT molecular complexity index is 612. The third kappa shape index (κ3) is 14.1. The maximum absolute atomic E-state index is 11.6. The van der Waals surface area contributed by atoms with Gasteiger partial charge in [0, 0.05) is 26.2 Å². The van der Waals surface area contributed by atoms with E-state index in [9.17, 15) is 4.79 Å². The molecule has 0 bridgehead atoms. The number of carbonyl (C=O) groups is 1. The average Bonchev–Trinajstić information content (AvgIpc) is 2.58. The number of hydrogen-bond donors (Lipinski definition) is 3. The van der Waals surface area contributed by atoms with Crippen molar-refractivity contribution in [3.63, 3.8) is 0 Å². The number of nitrogens with one attached hydrogen (secondary N) is 3. The van der Waals surface area contributed by atoms with Gasteiger partial charge in [0.1, 0.15) is 5.60 Å². The highest BCUT2D eigenvalue weighted by atomic mass is 127. The van der Waals surface area contributed by atoms with Gasteiger partial charge < -0.3 is 25.6 Å². The number of alkyl carbamates (subject to hydrolysis) is 1. The van der Waals surface area contributed by atoms with Crippen LogP contribution in [0.3, 0.4) is 0 Å². The number of ether oxygens (including phenoxy) is 1. The van der Waals surface area contributed by atoms with E-state index in [1.165, 1.54) is 11.1 Å². The molecule has 0 atom stereocenters. The predicted octanol–water partition coefficient (Wildman–Crippen LogP) is 3.34. The van der Waals surface area contributed by atoms with Crippen molar-refractivity contribution in [3.05, 3.63) is 35.4 Å². The molecule has 1 aromatic rings. The first-order valence-electron chi connectivity index (χ1n) is 9.91. The van der Waals surface area contributed by atoms with Crippen LogP contribution < -0.4 is 16.0 Å². The lowest BCUT2D eigenvalue weighted by Crippen LogP contribution is -2.39. The predicted molar refractivity (Wildman–Crippen MR) is 131 cm³/mol. The summed E-state index contributed by atoms with van der Waals surface area (Å²) in [4.78, 5) is 18.4. The summed E-state index contributed by atoms with van der Waals surface area (Å²) in [5.41, 5.74) is 1.99. The van der Waals surface area contributed by atoms with Crippen molar-refractivity contribution < 1.29 is 9.53 Å². The fourth-order valence-corrected chi connectivity index (χ4v) is 2.43. The third-order valence-electron chi connectivity index (χ3n) is 3.60. The first-order valence-corrected chi connectivity index (χ1v) is 9.91. The summed E-state index contributed by atoms with van der Waals surface area (Å²) >= 11 is 0. The minimum atomic E-state index is -0.474. The van der Waals surface area contributed by atoms with Gasteiger partial charge in [-0.25, -0.2) is 9.79 Å². The van der Waals surface area contributed by atoms with Gasteiger partial charge in [-0.1, -0.05) is 24.3 Å². The van der Waals surface area contributed by atoms with E-state index in [1.54, 1.807) is 0 Å². The standard InChI is InChI=1S/C21H37N5O2.HI/c1-7-22-19(23-13-8-14-24-20(27)28-21(2,3)4)25-15-17-9-11-18(12-10-17)16-26(5)6;/h9-12H,7-8,13-16H2,1-6H3,(H,24,27)(H2,22,23,25);1H. The maximum atomic E-state index is 11.6. The Morgan fingerprint density at radius 2 is 1.62 bits per heavy atom. The molecule has 0 saturated carbocycles. The molecule has 1 rings (SSSR count). The van der Waals surface area contributed by atoms with E-state index in [4.69, 9.17) is 4.74 Å². The summed E-state index contributed by atoms with van der Waals surface area (Å²) in [5, 5.41) is 9.29. The molecular formula is C21H38IN5O2. The van der Waals surface area contributed by atoms with Crippen LogP contribution in [0.4, 0.5) is 4.79 Å². The van der Waals surface area contributed by atoms with Crippen LogP contribution >= 0.6 is 24.0 Å². The van der Waals surface area contributed by atoms with Crippen LogP contribution in [0.2, 0.25) is 0 Å². The maximum Gasteiger partial charge on any atom is 0.407 e. The summed E-state index contributed by atoms with van der Waals surface area (Å²) in [6.45, 7) is 11.2. The summed E-state index contributed by atoms with van der Waals surface area (Å²) in [7, 11) is 4.13. The molecule has 1 amide bonds. The SMILES string of the molecule is CCNC(=NCc1ccc(CN(C)C)cc1)NCCCNC(=O)OC(C)(C)C.I. The van der Waals surface area contributed by atoms with Crippen LogP contribution in [-0.4, -0.2) is 56.3 Å². The highest BCUT2D eigenvalue weighted by Crippen LogP contribution is 2.07. The molecule has 29 heavy (non-hydrogen) atoms. The molecule has 3 N–H and O–H groups in total. The Morgan fingerprint density at radius 3 is 2.17 bits per heavy atom. The van der Waals surface area contributed by atoms with E-state index < -0.39 is 5.60 Å². The fourth-order valence-electron chi connectivity index (χ4n) is 2.43. The van der Waals surface area contributed by atoms with Crippen molar-refractivity contribution in [2.75, 3.05) is 33.7 Å². The number of benzene rings is 1. The molecule has 0 spiro atoms. The van der Waals surface area contributed by atoms with Gasteiger partial charge >= 0.3 is 6.09 Å². The molecule has 0 fully saturated rings. The Labute approximate surface area is 193 Å². The molecule has 7 nitrogen and oxygen atoms in total. The highest BCUT2D eigenvalue weighted by molar-refractivity contribution is 14.0. The van der Waals surface area contributed by atoms with Gasteiger partial charge in [0.2, 0.25) is 0 Å². The van der Waals surface area contributed by atoms with Crippen molar-refractivity contribution in [2.45, 2.75) is 52.8 Å². The van der Waals surface area contributed by atoms with E-state index in [0.717, 1.165) is 25.5 Å². The molecule has 0 aliphatic carbocycles. The molecule has 0 aliphatic rings. The van der Waals surface area contributed by atoms with Crippen molar-refractivity contribution in [1.82, 2.24) is 20.9 Å². The van der Waals surface area contributed by atoms with Gasteiger partial charge in [0.25, 0.3) is 0 Å². The lowest BCUT2D eigenvalue weighted by atomic mass is 10.1. The number of nitrogens with zero attached hydrogens (tertiary/aromatic N) is 2. The fraction of sp³-hybridized carbons (Fsp3) is 0.619. The average molecular weight is 519 g/mol. The second-order valence-corrected chi connectivity index (χ2v) is 7.96. The highest BCUT2D eigenvalue weighted by Gasteiger charge is 2.15. The second-order valence-electron chi connectivity index (χ2n) is 7.96. The molecule has 0 saturated heterocycles. The molecule has 1 aromatic carbocycles. The van der Waals surface area contributed by atoms with Gasteiger partial charge in [-0.2, -0.15) is 0 Å². The lowest BCUT2D eigenvalue weighted by Gasteiger charge is -2.19. The number of hydrogen-bond acceptors (Lipinski definition) is 4. The number of carbonyl (C=O) groups excluding carboxylic acids is 1. The molecule has 0 heterocycles. The molecule has 8 heteroatoms. The summed E-state index contributed by atoms with van der Waals surface area (Å²) in [5.74, 6) is 0.775. The number of guanidine groups is 1. The van der Waals surface area contributed by atoms with Crippen LogP contribution in [-0.2, 0) is 17.8 Å². The third-order valence-corrected chi connectivity index (χ3v) is 3.60. The smallest absolute Gasteiger partial charge is 0.407 e. The zero-order valence-electron chi connectivity index (χ0n) is 18.7. The van der Waals surface area contributed by atoms with Crippen LogP contribution in [0.25, 0.3) is 0 Å². The van der Waals surface area contributed by atoms with Gasteiger partial charge in [0.05, 0.1) is 6.54 Å². The topological polar surface area (TPSA) is 78.0 Å². The van der Waals surface area contributed by atoms with Gasteiger partial charge in [-0.15, -0.1) is 24.0 Å². The molecule has 0 radical (unpaired) electrons. The summed E-state index contributed by atoms with van der Waals surface area (Å²) in [6.07, 6.45) is 0.397. The van der Waals surface area contributed by atoms with Gasteiger partial charge in [0.15, 0.2) is 5.96 Å². The van der Waals surface area contributed by atoms with E-state index in [0.29, 0.717) is 19.6 Å². The van der Waals surface area contributed by atoms with Crippen molar-refractivity contribution >= 4 is 36.0 Å². The first-order chi connectivity index (χ1) is 13.2. The van der Waals surface area contributed by atoms with Gasteiger partial charge in [-0.05, 0) is 59.3 Å². The minimum Gasteiger partial charge on any atom is -0.444 e. The van der Waals surface area contributed by atoms with E-state index in [1.807, 2.05) is 27.7 Å². The Hall–Kier alpha value is -1.55. The molecule has 166 valence electrons. The largest absolute Gasteiger partial charge is 0.444 e. The number of amides is 1. The molecule has 0 aromatic heterocycles. The van der Waals surface area contributed by atoms with Crippen molar-refractivity contribution in [3.8, 4) is 0 Å². The number of aliphatic imine (C=N–C) groups is 1. The van der Waals surface area contributed by atoms with E-state index >= 15 is 0 Å². The van der Waals surface area contributed by atoms with Crippen molar-refractivity contribution in [1.29, 1.82) is 0 Å². The Kier molecular flexibility index (Phi) is 13.7. The van der Waals surface area contributed by atoms with Crippen molar-refractivity contribution in [2.24, 2.45) is 4.99 Å². The normalized spacial score (nSPS) is 11.6. The van der Waals surface area contributed by atoms with E-state index in [-0.39, 0.29) is 30.1 Å². The molecule has 0 aliphatic heterocycles.